The van der Waals surface area contributed by atoms with Gasteiger partial charge in [0.2, 0.25) is 0 Å². The molecule has 0 radical (unpaired) electrons. The van der Waals surface area contributed by atoms with Crippen LogP contribution >= 0.6 is 0 Å². The Morgan fingerprint density at radius 2 is 1.67 bits per heavy atom. The van der Waals surface area contributed by atoms with E-state index in [0.29, 0.717) is 12.2 Å². The molecule has 1 heterocycles. The van der Waals surface area contributed by atoms with Crippen molar-refractivity contribution in [2.24, 2.45) is 0 Å². The molecule has 0 aliphatic rings. The summed E-state index contributed by atoms with van der Waals surface area (Å²) in [5.74, 6) is 0. The van der Waals surface area contributed by atoms with Gasteiger partial charge in [-0.1, -0.05) is 80.6 Å². The van der Waals surface area contributed by atoms with E-state index in [9.17, 15) is 4.79 Å². The molecule has 0 amide bonds. The van der Waals surface area contributed by atoms with Crippen molar-refractivity contribution in [3.63, 3.8) is 0 Å². The van der Waals surface area contributed by atoms with E-state index in [4.69, 9.17) is 0 Å². The molecule has 0 saturated heterocycles. The SMILES string of the molecule is CC(C)(C)c1ccc(Cn2nnc(C=O)c2-c2ccccc2)cc1. The molecular formula is C20H21N3O. The first-order chi connectivity index (χ1) is 11.5. The molecule has 0 unspecified atom stereocenters. The van der Waals surface area contributed by atoms with Crippen LogP contribution < -0.4 is 0 Å². The van der Waals surface area contributed by atoms with Crippen LogP contribution in [0.4, 0.5) is 0 Å². The highest BCUT2D eigenvalue weighted by Gasteiger charge is 2.16. The molecule has 0 N–H and O–H groups in total. The molecule has 0 aliphatic carbocycles. The highest BCUT2D eigenvalue weighted by molar-refractivity contribution is 5.83. The van der Waals surface area contributed by atoms with Crippen molar-refractivity contribution in [2.75, 3.05) is 0 Å². The molecule has 3 aromatic rings. The first-order valence-corrected chi connectivity index (χ1v) is 8.02. The summed E-state index contributed by atoms with van der Waals surface area (Å²) in [7, 11) is 0. The van der Waals surface area contributed by atoms with E-state index in [0.717, 1.165) is 23.1 Å². The standard InChI is InChI=1S/C20H21N3O/c1-20(2,3)17-11-9-15(10-12-17)13-23-19(18(14-24)21-22-23)16-7-5-4-6-8-16/h4-12,14H,13H2,1-3H3. The summed E-state index contributed by atoms with van der Waals surface area (Å²) in [5.41, 5.74) is 4.62. The number of hydrogen-bond acceptors (Lipinski definition) is 3. The second-order valence-electron chi connectivity index (χ2n) is 6.91. The predicted octanol–water partition coefficient (Wildman–Crippen LogP) is 4.10. The van der Waals surface area contributed by atoms with Gasteiger partial charge >= 0.3 is 0 Å². The minimum absolute atomic E-state index is 0.131. The van der Waals surface area contributed by atoms with Crippen LogP contribution in [0.25, 0.3) is 11.3 Å². The molecule has 4 heteroatoms. The monoisotopic (exact) mass is 319 g/mol. The lowest BCUT2D eigenvalue weighted by Gasteiger charge is -2.19. The van der Waals surface area contributed by atoms with Gasteiger partial charge in [-0.25, -0.2) is 4.68 Å². The van der Waals surface area contributed by atoms with Gasteiger partial charge in [-0.05, 0) is 16.5 Å². The van der Waals surface area contributed by atoms with Gasteiger partial charge in [0.05, 0.1) is 12.2 Å². The number of hydrogen-bond donors (Lipinski definition) is 0. The maximum absolute atomic E-state index is 11.3. The average molecular weight is 319 g/mol. The van der Waals surface area contributed by atoms with E-state index in [1.165, 1.54) is 5.56 Å². The molecule has 122 valence electrons. The number of carbonyl (C=O) groups excluding carboxylic acids is 1. The summed E-state index contributed by atoms with van der Waals surface area (Å²) in [6, 6.07) is 18.3. The van der Waals surface area contributed by atoms with E-state index < -0.39 is 0 Å². The van der Waals surface area contributed by atoms with Crippen molar-refractivity contribution in [1.82, 2.24) is 15.0 Å². The van der Waals surface area contributed by atoms with Crippen LogP contribution in [0.5, 0.6) is 0 Å². The zero-order valence-corrected chi connectivity index (χ0v) is 14.2. The van der Waals surface area contributed by atoms with Crippen LogP contribution in [0.1, 0.15) is 42.4 Å². The molecule has 1 aromatic heterocycles. The Bertz CT molecular complexity index is 828. The van der Waals surface area contributed by atoms with Crippen LogP contribution in [-0.2, 0) is 12.0 Å². The number of rotatable bonds is 4. The molecule has 3 rings (SSSR count). The number of aldehydes is 1. The Labute approximate surface area is 142 Å². The van der Waals surface area contributed by atoms with Crippen molar-refractivity contribution in [3.05, 3.63) is 71.4 Å². The second-order valence-corrected chi connectivity index (χ2v) is 6.91. The van der Waals surface area contributed by atoms with E-state index in [-0.39, 0.29) is 5.41 Å². The van der Waals surface area contributed by atoms with Gasteiger partial charge in [0.1, 0.15) is 0 Å². The molecule has 24 heavy (non-hydrogen) atoms. The number of carbonyl (C=O) groups is 1. The molecular weight excluding hydrogens is 298 g/mol. The summed E-state index contributed by atoms with van der Waals surface area (Å²) in [5, 5.41) is 8.17. The highest BCUT2D eigenvalue weighted by Crippen LogP contribution is 2.24. The minimum atomic E-state index is 0.131. The molecule has 0 atom stereocenters. The van der Waals surface area contributed by atoms with Crippen LogP contribution in [0, 0.1) is 0 Å². The summed E-state index contributed by atoms with van der Waals surface area (Å²) >= 11 is 0. The largest absolute Gasteiger partial charge is 0.296 e. The Hall–Kier alpha value is -2.75. The Morgan fingerprint density at radius 3 is 2.25 bits per heavy atom. The Balaban J connectivity index is 1.94. The van der Waals surface area contributed by atoms with Gasteiger partial charge in [0.15, 0.2) is 12.0 Å². The molecule has 0 aliphatic heterocycles. The summed E-state index contributed by atoms with van der Waals surface area (Å²) in [6.45, 7) is 7.17. The third-order valence-corrected chi connectivity index (χ3v) is 4.07. The van der Waals surface area contributed by atoms with Gasteiger partial charge < -0.3 is 0 Å². The maximum atomic E-state index is 11.3. The van der Waals surface area contributed by atoms with Crippen molar-refractivity contribution < 1.29 is 4.79 Å². The van der Waals surface area contributed by atoms with Crippen molar-refractivity contribution >= 4 is 6.29 Å². The van der Waals surface area contributed by atoms with Gasteiger partial charge in [-0.3, -0.25) is 4.79 Å². The van der Waals surface area contributed by atoms with Gasteiger partial charge in [-0.2, -0.15) is 0 Å². The molecule has 0 bridgehead atoms. The van der Waals surface area contributed by atoms with Crippen LogP contribution in [0.3, 0.4) is 0 Å². The van der Waals surface area contributed by atoms with Crippen LogP contribution in [0.15, 0.2) is 54.6 Å². The first-order valence-electron chi connectivity index (χ1n) is 8.02. The lowest BCUT2D eigenvalue weighted by atomic mass is 9.87. The molecule has 0 saturated carbocycles. The van der Waals surface area contributed by atoms with E-state index in [1.807, 2.05) is 30.3 Å². The van der Waals surface area contributed by atoms with Gasteiger partial charge in [0, 0.05) is 5.56 Å². The first kappa shape index (κ1) is 16.1. The van der Waals surface area contributed by atoms with Crippen LogP contribution in [-0.4, -0.2) is 21.3 Å². The summed E-state index contributed by atoms with van der Waals surface area (Å²) in [6.07, 6.45) is 0.758. The minimum Gasteiger partial charge on any atom is -0.296 e. The number of benzene rings is 2. The molecule has 4 nitrogen and oxygen atoms in total. The Kier molecular flexibility index (Phi) is 4.30. The van der Waals surface area contributed by atoms with Gasteiger partial charge in [-0.15, -0.1) is 5.10 Å². The van der Waals surface area contributed by atoms with Crippen molar-refractivity contribution in [3.8, 4) is 11.3 Å². The molecule has 0 spiro atoms. The maximum Gasteiger partial charge on any atom is 0.172 e. The van der Waals surface area contributed by atoms with Gasteiger partial charge in [0.25, 0.3) is 0 Å². The number of aromatic nitrogens is 3. The predicted molar refractivity (Wildman–Crippen MR) is 95.1 cm³/mol. The zero-order chi connectivity index (χ0) is 17.2. The third-order valence-electron chi connectivity index (χ3n) is 4.07. The van der Waals surface area contributed by atoms with E-state index in [2.05, 4.69) is 55.3 Å². The highest BCUT2D eigenvalue weighted by atomic mass is 16.1. The van der Waals surface area contributed by atoms with Crippen LogP contribution in [0.2, 0.25) is 0 Å². The quantitative estimate of drug-likeness (QED) is 0.680. The fourth-order valence-corrected chi connectivity index (χ4v) is 2.69. The zero-order valence-electron chi connectivity index (χ0n) is 14.2. The lowest BCUT2D eigenvalue weighted by Crippen LogP contribution is -2.11. The van der Waals surface area contributed by atoms with E-state index in [1.54, 1.807) is 4.68 Å². The van der Waals surface area contributed by atoms with Crippen molar-refractivity contribution in [1.29, 1.82) is 0 Å². The average Bonchev–Trinajstić information content (AvgIpc) is 2.98. The third kappa shape index (κ3) is 3.27. The number of nitrogens with zero attached hydrogens (tertiary/aromatic N) is 3. The fourth-order valence-electron chi connectivity index (χ4n) is 2.69. The topological polar surface area (TPSA) is 47.8 Å². The van der Waals surface area contributed by atoms with E-state index >= 15 is 0 Å². The summed E-state index contributed by atoms with van der Waals surface area (Å²) < 4.78 is 1.78. The fraction of sp³-hybridized carbons (Fsp3) is 0.250. The smallest absolute Gasteiger partial charge is 0.172 e. The summed E-state index contributed by atoms with van der Waals surface area (Å²) in [4.78, 5) is 11.3. The second kappa shape index (κ2) is 6.40. The molecule has 0 fully saturated rings. The Morgan fingerprint density at radius 1 is 1.00 bits per heavy atom. The lowest BCUT2D eigenvalue weighted by molar-refractivity contribution is 0.111. The normalized spacial score (nSPS) is 11.5. The van der Waals surface area contributed by atoms with Crippen molar-refractivity contribution in [2.45, 2.75) is 32.7 Å². The molecule has 2 aromatic carbocycles.